The fraction of sp³-hybridized carbons (Fsp3) is 1.00. The fourth-order valence-electron chi connectivity index (χ4n) is 2.19. The van der Waals surface area contributed by atoms with Gasteiger partial charge in [-0.2, -0.15) is 0 Å². The predicted molar refractivity (Wildman–Crippen MR) is 61.3 cm³/mol. The Bertz CT molecular complexity index is 137. The largest absolute Gasteiger partial charge is 0.394 e. The van der Waals surface area contributed by atoms with Crippen LogP contribution in [-0.4, -0.2) is 49.9 Å². The molecule has 1 aliphatic carbocycles. The second-order valence-electron chi connectivity index (χ2n) is 4.48. The first-order valence-corrected chi connectivity index (χ1v) is 6.24. The number of aliphatic hydroxyl groups is 2. The second-order valence-corrected chi connectivity index (χ2v) is 4.48. The molecular weight excluding hydrogens is 208 g/mol. The van der Waals surface area contributed by atoms with Crippen LogP contribution in [0.4, 0.5) is 0 Å². The van der Waals surface area contributed by atoms with Gasteiger partial charge in [0.25, 0.3) is 0 Å². The van der Waals surface area contributed by atoms with Crippen molar-refractivity contribution in [3.8, 4) is 0 Å². The molecule has 4 nitrogen and oxygen atoms in total. The summed E-state index contributed by atoms with van der Waals surface area (Å²) in [5, 5.41) is 17.2. The summed E-state index contributed by atoms with van der Waals surface area (Å²) in [5.74, 6) is 1.31. The SMILES string of the molecule is OCCOCC1CCC(COCCO)CC1. The van der Waals surface area contributed by atoms with E-state index in [1.165, 1.54) is 25.7 Å². The highest BCUT2D eigenvalue weighted by Gasteiger charge is 2.21. The molecule has 0 aromatic heterocycles. The highest BCUT2D eigenvalue weighted by atomic mass is 16.5. The molecule has 0 aliphatic heterocycles. The second kappa shape index (κ2) is 8.93. The van der Waals surface area contributed by atoms with E-state index in [2.05, 4.69) is 0 Å². The van der Waals surface area contributed by atoms with Crippen LogP contribution in [0.5, 0.6) is 0 Å². The summed E-state index contributed by atoms with van der Waals surface area (Å²) >= 11 is 0. The fourth-order valence-corrected chi connectivity index (χ4v) is 2.19. The van der Waals surface area contributed by atoms with E-state index < -0.39 is 0 Å². The van der Waals surface area contributed by atoms with Gasteiger partial charge in [0, 0.05) is 13.2 Å². The van der Waals surface area contributed by atoms with E-state index in [9.17, 15) is 0 Å². The molecule has 0 unspecified atom stereocenters. The number of rotatable bonds is 8. The van der Waals surface area contributed by atoms with Gasteiger partial charge in [0.05, 0.1) is 26.4 Å². The van der Waals surface area contributed by atoms with Gasteiger partial charge < -0.3 is 19.7 Å². The molecule has 96 valence electrons. The Balaban J connectivity index is 2.00. The quantitative estimate of drug-likeness (QED) is 0.608. The number of hydrogen-bond acceptors (Lipinski definition) is 4. The van der Waals surface area contributed by atoms with Crippen LogP contribution in [0.1, 0.15) is 25.7 Å². The molecule has 0 heterocycles. The van der Waals surface area contributed by atoms with Gasteiger partial charge in [-0.15, -0.1) is 0 Å². The lowest BCUT2D eigenvalue weighted by Gasteiger charge is -2.28. The highest BCUT2D eigenvalue weighted by Crippen LogP contribution is 2.29. The first kappa shape index (κ1) is 13.9. The predicted octanol–water partition coefficient (Wildman–Crippen LogP) is 0.811. The lowest BCUT2D eigenvalue weighted by Crippen LogP contribution is -2.22. The molecule has 0 saturated heterocycles. The van der Waals surface area contributed by atoms with Crippen molar-refractivity contribution in [2.45, 2.75) is 25.7 Å². The minimum Gasteiger partial charge on any atom is -0.394 e. The van der Waals surface area contributed by atoms with Crippen LogP contribution in [0.15, 0.2) is 0 Å². The standard InChI is InChI=1S/C12H24O4/c13-5-7-15-9-11-1-2-12(4-3-11)10-16-8-6-14/h11-14H,1-10H2. The Morgan fingerprint density at radius 1 is 0.750 bits per heavy atom. The maximum absolute atomic E-state index is 8.60. The van der Waals surface area contributed by atoms with Crippen molar-refractivity contribution in [1.82, 2.24) is 0 Å². The molecule has 4 heteroatoms. The Kier molecular flexibility index (Phi) is 7.76. The molecule has 1 aliphatic rings. The van der Waals surface area contributed by atoms with E-state index in [-0.39, 0.29) is 13.2 Å². The van der Waals surface area contributed by atoms with Crippen LogP contribution in [-0.2, 0) is 9.47 Å². The lowest BCUT2D eigenvalue weighted by molar-refractivity contribution is 0.0302. The van der Waals surface area contributed by atoms with Gasteiger partial charge in [0.15, 0.2) is 0 Å². The van der Waals surface area contributed by atoms with E-state index in [1.807, 2.05) is 0 Å². The molecule has 0 spiro atoms. The summed E-state index contributed by atoms with van der Waals surface area (Å²) in [7, 11) is 0. The Morgan fingerprint density at radius 3 is 1.44 bits per heavy atom. The van der Waals surface area contributed by atoms with Gasteiger partial charge in [-0.3, -0.25) is 0 Å². The third kappa shape index (κ3) is 5.80. The first-order chi connectivity index (χ1) is 7.86. The van der Waals surface area contributed by atoms with Crippen molar-refractivity contribution in [2.24, 2.45) is 11.8 Å². The van der Waals surface area contributed by atoms with Crippen LogP contribution in [0.2, 0.25) is 0 Å². The summed E-state index contributed by atoms with van der Waals surface area (Å²) < 4.78 is 10.7. The molecule has 0 atom stereocenters. The van der Waals surface area contributed by atoms with Gasteiger partial charge in [-0.05, 0) is 37.5 Å². The average Bonchev–Trinajstić information content (AvgIpc) is 2.32. The van der Waals surface area contributed by atoms with Crippen LogP contribution < -0.4 is 0 Å². The summed E-state index contributed by atoms with van der Waals surface area (Å²) in [6, 6.07) is 0. The van der Waals surface area contributed by atoms with E-state index in [0.717, 1.165) is 13.2 Å². The zero-order valence-electron chi connectivity index (χ0n) is 9.94. The van der Waals surface area contributed by atoms with E-state index in [1.54, 1.807) is 0 Å². The summed E-state index contributed by atoms with van der Waals surface area (Å²) in [6.45, 7) is 2.71. The van der Waals surface area contributed by atoms with E-state index in [0.29, 0.717) is 25.0 Å². The molecule has 0 aromatic carbocycles. The van der Waals surface area contributed by atoms with Gasteiger partial charge in [-0.25, -0.2) is 0 Å². The zero-order valence-corrected chi connectivity index (χ0v) is 9.94. The normalized spacial score (nSPS) is 25.9. The summed E-state index contributed by atoms with van der Waals surface area (Å²) in [4.78, 5) is 0. The smallest absolute Gasteiger partial charge is 0.0697 e. The van der Waals surface area contributed by atoms with Crippen LogP contribution in [0.25, 0.3) is 0 Å². The summed E-state index contributed by atoms with van der Waals surface area (Å²) in [5.41, 5.74) is 0. The molecule has 1 fully saturated rings. The first-order valence-electron chi connectivity index (χ1n) is 6.24. The minimum absolute atomic E-state index is 0.115. The molecule has 0 amide bonds. The monoisotopic (exact) mass is 232 g/mol. The minimum atomic E-state index is 0.115. The van der Waals surface area contributed by atoms with E-state index >= 15 is 0 Å². The van der Waals surface area contributed by atoms with Gasteiger partial charge in [0.1, 0.15) is 0 Å². The Labute approximate surface area is 97.6 Å². The Hall–Kier alpha value is -0.160. The maximum Gasteiger partial charge on any atom is 0.0697 e. The van der Waals surface area contributed by atoms with E-state index in [4.69, 9.17) is 19.7 Å². The van der Waals surface area contributed by atoms with Crippen molar-refractivity contribution in [3.63, 3.8) is 0 Å². The van der Waals surface area contributed by atoms with Gasteiger partial charge in [-0.1, -0.05) is 0 Å². The van der Waals surface area contributed by atoms with Crippen molar-refractivity contribution in [2.75, 3.05) is 39.6 Å². The van der Waals surface area contributed by atoms with Gasteiger partial charge >= 0.3 is 0 Å². The number of aliphatic hydroxyl groups excluding tert-OH is 2. The third-order valence-corrected chi connectivity index (χ3v) is 3.14. The molecular formula is C12H24O4. The number of ether oxygens (including phenoxy) is 2. The van der Waals surface area contributed by atoms with Crippen LogP contribution >= 0.6 is 0 Å². The van der Waals surface area contributed by atoms with Crippen LogP contribution in [0, 0.1) is 11.8 Å². The molecule has 16 heavy (non-hydrogen) atoms. The van der Waals surface area contributed by atoms with Crippen molar-refractivity contribution in [3.05, 3.63) is 0 Å². The molecule has 0 bridgehead atoms. The maximum atomic E-state index is 8.60. The molecule has 2 N–H and O–H groups in total. The number of hydrogen-bond donors (Lipinski definition) is 2. The van der Waals surface area contributed by atoms with Gasteiger partial charge in [0.2, 0.25) is 0 Å². The summed E-state index contributed by atoms with van der Waals surface area (Å²) in [6.07, 6.45) is 4.77. The third-order valence-electron chi connectivity index (χ3n) is 3.14. The zero-order chi connectivity index (χ0) is 11.6. The Morgan fingerprint density at radius 2 is 1.12 bits per heavy atom. The molecule has 0 radical (unpaired) electrons. The topological polar surface area (TPSA) is 58.9 Å². The average molecular weight is 232 g/mol. The molecule has 1 saturated carbocycles. The van der Waals surface area contributed by atoms with Crippen molar-refractivity contribution < 1.29 is 19.7 Å². The van der Waals surface area contributed by atoms with Crippen molar-refractivity contribution in [1.29, 1.82) is 0 Å². The highest BCUT2D eigenvalue weighted by molar-refractivity contribution is 4.72. The lowest BCUT2D eigenvalue weighted by atomic mass is 9.83. The van der Waals surface area contributed by atoms with Crippen LogP contribution in [0.3, 0.4) is 0 Å². The molecule has 0 aromatic rings. The molecule has 1 rings (SSSR count). The van der Waals surface area contributed by atoms with Crippen molar-refractivity contribution >= 4 is 0 Å².